The molecule has 0 saturated carbocycles. The molecule has 0 spiro atoms. The lowest BCUT2D eigenvalue weighted by molar-refractivity contribution is -0.142. The molecule has 0 radical (unpaired) electrons. The van der Waals surface area contributed by atoms with Crippen molar-refractivity contribution in [3.63, 3.8) is 0 Å². The zero-order chi connectivity index (χ0) is 8.43. The summed E-state index contributed by atoms with van der Waals surface area (Å²) < 4.78 is 0. The standard InChI is InChI=1S/C7H11NO3/c1-2-4-5(3-6(9)10)8-7(4)11/h4-5H,2-3H2,1H3,(H,8,11)(H,9,10)/t4-,5+/m0/s1. The van der Waals surface area contributed by atoms with E-state index in [9.17, 15) is 9.59 Å². The van der Waals surface area contributed by atoms with Gasteiger partial charge in [0.25, 0.3) is 0 Å². The largest absolute Gasteiger partial charge is 0.481 e. The van der Waals surface area contributed by atoms with E-state index in [1.54, 1.807) is 0 Å². The monoisotopic (exact) mass is 157 g/mol. The summed E-state index contributed by atoms with van der Waals surface area (Å²) in [4.78, 5) is 21.0. The second-order valence-electron chi connectivity index (χ2n) is 2.73. The molecule has 1 aliphatic heterocycles. The summed E-state index contributed by atoms with van der Waals surface area (Å²) in [5.41, 5.74) is 0. The van der Waals surface area contributed by atoms with Crippen molar-refractivity contribution in [3.05, 3.63) is 0 Å². The summed E-state index contributed by atoms with van der Waals surface area (Å²) in [6, 6.07) is -0.134. The molecule has 1 amide bonds. The van der Waals surface area contributed by atoms with Crippen LogP contribution in [0.25, 0.3) is 0 Å². The van der Waals surface area contributed by atoms with E-state index in [-0.39, 0.29) is 24.3 Å². The summed E-state index contributed by atoms with van der Waals surface area (Å²) in [7, 11) is 0. The van der Waals surface area contributed by atoms with Gasteiger partial charge in [0.15, 0.2) is 0 Å². The average molecular weight is 157 g/mol. The third-order valence-corrected chi connectivity index (χ3v) is 1.98. The highest BCUT2D eigenvalue weighted by atomic mass is 16.4. The van der Waals surface area contributed by atoms with Gasteiger partial charge in [0.2, 0.25) is 5.91 Å². The van der Waals surface area contributed by atoms with E-state index < -0.39 is 5.97 Å². The molecule has 0 aromatic carbocycles. The molecule has 1 heterocycles. The van der Waals surface area contributed by atoms with Gasteiger partial charge in [0, 0.05) is 0 Å². The molecule has 0 aliphatic carbocycles. The minimum absolute atomic E-state index is 0.0150. The number of hydrogen-bond donors (Lipinski definition) is 2. The van der Waals surface area contributed by atoms with Crippen LogP contribution in [0.3, 0.4) is 0 Å². The Morgan fingerprint density at radius 2 is 2.36 bits per heavy atom. The molecule has 11 heavy (non-hydrogen) atoms. The number of rotatable bonds is 3. The second kappa shape index (κ2) is 2.90. The van der Waals surface area contributed by atoms with Crippen LogP contribution in [0.2, 0.25) is 0 Å². The van der Waals surface area contributed by atoms with Gasteiger partial charge in [0.05, 0.1) is 18.4 Å². The number of carboxylic acids is 1. The van der Waals surface area contributed by atoms with Crippen LogP contribution in [0.5, 0.6) is 0 Å². The Hall–Kier alpha value is -1.06. The Kier molecular flexibility index (Phi) is 2.12. The molecule has 2 atom stereocenters. The van der Waals surface area contributed by atoms with Crippen molar-refractivity contribution >= 4 is 11.9 Å². The third kappa shape index (κ3) is 1.50. The molecule has 1 aliphatic rings. The number of β-lactam (4-membered cyclic amide) rings is 1. The van der Waals surface area contributed by atoms with Crippen molar-refractivity contribution in [2.24, 2.45) is 5.92 Å². The minimum Gasteiger partial charge on any atom is -0.481 e. The van der Waals surface area contributed by atoms with Crippen molar-refractivity contribution in [2.45, 2.75) is 25.8 Å². The Balaban J connectivity index is 2.38. The molecule has 0 bridgehead atoms. The number of amides is 1. The Morgan fingerprint density at radius 3 is 2.73 bits per heavy atom. The average Bonchev–Trinajstić information content (AvgIpc) is 1.86. The zero-order valence-corrected chi connectivity index (χ0v) is 6.33. The molecule has 0 unspecified atom stereocenters. The van der Waals surface area contributed by atoms with Crippen LogP contribution >= 0.6 is 0 Å². The van der Waals surface area contributed by atoms with Gasteiger partial charge in [-0.1, -0.05) is 6.92 Å². The lowest BCUT2D eigenvalue weighted by atomic mass is 9.86. The van der Waals surface area contributed by atoms with Crippen LogP contribution in [0.4, 0.5) is 0 Å². The van der Waals surface area contributed by atoms with Gasteiger partial charge >= 0.3 is 5.97 Å². The molecule has 62 valence electrons. The van der Waals surface area contributed by atoms with E-state index >= 15 is 0 Å². The number of carbonyl (C=O) groups excluding carboxylic acids is 1. The molecule has 4 nitrogen and oxygen atoms in total. The Morgan fingerprint density at radius 1 is 1.73 bits per heavy atom. The zero-order valence-electron chi connectivity index (χ0n) is 6.33. The number of hydrogen-bond acceptors (Lipinski definition) is 2. The van der Waals surface area contributed by atoms with E-state index in [1.807, 2.05) is 6.92 Å². The van der Waals surface area contributed by atoms with Gasteiger partial charge in [-0.25, -0.2) is 0 Å². The lowest BCUT2D eigenvalue weighted by Gasteiger charge is -2.35. The summed E-state index contributed by atoms with van der Waals surface area (Å²) in [5, 5.41) is 11.0. The quantitative estimate of drug-likeness (QED) is 0.566. The highest BCUT2D eigenvalue weighted by molar-refractivity contribution is 5.87. The fraction of sp³-hybridized carbons (Fsp3) is 0.714. The van der Waals surface area contributed by atoms with Gasteiger partial charge in [-0.15, -0.1) is 0 Å². The fourth-order valence-corrected chi connectivity index (χ4v) is 1.33. The molecule has 1 saturated heterocycles. The van der Waals surface area contributed by atoms with E-state index in [1.165, 1.54) is 0 Å². The topological polar surface area (TPSA) is 66.4 Å². The fourth-order valence-electron chi connectivity index (χ4n) is 1.33. The van der Waals surface area contributed by atoms with Crippen molar-refractivity contribution in [3.8, 4) is 0 Å². The maximum Gasteiger partial charge on any atom is 0.305 e. The third-order valence-electron chi connectivity index (χ3n) is 1.98. The van der Waals surface area contributed by atoms with Crippen LogP contribution in [0, 0.1) is 5.92 Å². The van der Waals surface area contributed by atoms with Crippen molar-refractivity contribution in [2.75, 3.05) is 0 Å². The lowest BCUT2D eigenvalue weighted by Crippen LogP contribution is -2.58. The highest BCUT2D eigenvalue weighted by Crippen LogP contribution is 2.20. The summed E-state index contributed by atoms with van der Waals surface area (Å²) in [6.45, 7) is 1.89. The van der Waals surface area contributed by atoms with Crippen molar-refractivity contribution in [1.82, 2.24) is 5.32 Å². The normalized spacial score (nSPS) is 29.0. The Labute approximate surface area is 64.6 Å². The molecule has 0 aromatic heterocycles. The van der Waals surface area contributed by atoms with Crippen LogP contribution < -0.4 is 5.32 Å². The number of carbonyl (C=O) groups is 2. The summed E-state index contributed by atoms with van der Waals surface area (Å²) in [6.07, 6.45) is 0.772. The second-order valence-corrected chi connectivity index (χ2v) is 2.73. The Bertz CT molecular complexity index is 190. The SMILES string of the molecule is CC[C@@H]1C(=O)N[C@@H]1CC(=O)O. The maximum absolute atomic E-state index is 10.7. The first kappa shape index (κ1) is 8.04. The molecule has 2 N–H and O–H groups in total. The van der Waals surface area contributed by atoms with E-state index in [2.05, 4.69) is 5.32 Å². The first-order valence-electron chi connectivity index (χ1n) is 3.67. The number of nitrogens with one attached hydrogen (secondary N) is 1. The molecular weight excluding hydrogens is 146 g/mol. The summed E-state index contributed by atoms with van der Waals surface area (Å²) in [5.74, 6) is -0.946. The van der Waals surface area contributed by atoms with Gasteiger partial charge < -0.3 is 10.4 Å². The predicted octanol–water partition coefficient (Wildman–Crippen LogP) is -0.0143. The van der Waals surface area contributed by atoms with E-state index in [0.29, 0.717) is 0 Å². The first-order valence-corrected chi connectivity index (χ1v) is 3.67. The van der Waals surface area contributed by atoms with Crippen LogP contribution in [0.1, 0.15) is 19.8 Å². The highest BCUT2D eigenvalue weighted by Gasteiger charge is 2.38. The van der Waals surface area contributed by atoms with Gasteiger partial charge in [-0.2, -0.15) is 0 Å². The van der Waals surface area contributed by atoms with Gasteiger partial charge in [0.1, 0.15) is 0 Å². The van der Waals surface area contributed by atoms with Crippen molar-refractivity contribution < 1.29 is 14.7 Å². The molecule has 1 rings (SSSR count). The summed E-state index contributed by atoms with van der Waals surface area (Å²) >= 11 is 0. The van der Waals surface area contributed by atoms with E-state index in [4.69, 9.17) is 5.11 Å². The molecule has 0 aromatic rings. The van der Waals surface area contributed by atoms with Crippen LogP contribution in [0.15, 0.2) is 0 Å². The van der Waals surface area contributed by atoms with Crippen molar-refractivity contribution in [1.29, 1.82) is 0 Å². The molecule has 4 heteroatoms. The van der Waals surface area contributed by atoms with Crippen LogP contribution in [-0.2, 0) is 9.59 Å². The van der Waals surface area contributed by atoms with E-state index in [0.717, 1.165) is 6.42 Å². The van der Waals surface area contributed by atoms with Gasteiger partial charge in [-0.3, -0.25) is 9.59 Å². The van der Waals surface area contributed by atoms with Crippen LogP contribution in [-0.4, -0.2) is 23.0 Å². The molecular formula is C7H11NO3. The number of aliphatic carboxylic acids is 1. The van der Waals surface area contributed by atoms with Gasteiger partial charge in [-0.05, 0) is 6.42 Å². The minimum atomic E-state index is -0.853. The first-order chi connectivity index (χ1) is 5.15. The predicted molar refractivity (Wildman–Crippen MR) is 38.0 cm³/mol. The molecule has 1 fully saturated rings. The number of carboxylic acid groups (broad SMARTS) is 1. The maximum atomic E-state index is 10.7. The smallest absolute Gasteiger partial charge is 0.305 e.